The second-order valence-corrected chi connectivity index (χ2v) is 8.36. The number of nitrogens with one attached hydrogen (secondary N) is 2. The maximum atomic E-state index is 12.8. The van der Waals surface area contributed by atoms with Gasteiger partial charge in [-0.05, 0) is 35.9 Å². The summed E-state index contributed by atoms with van der Waals surface area (Å²) < 4.78 is 10.6. The van der Waals surface area contributed by atoms with Crippen LogP contribution in [0.3, 0.4) is 0 Å². The Hall–Kier alpha value is -3.97. The van der Waals surface area contributed by atoms with Crippen molar-refractivity contribution in [1.82, 2.24) is 15.8 Å². The smallest absolute Gasteiger partial charge is 0.269 e. The number of amides is 3. The van der Waals surface area contributed by atoms with E-state index in [-0.39, 0.29) is 15.6 Å². The van der Waals surface area contributed by atoms with E-state index in [2.05, 4.69) is 10.9 Å². The number of benzene rings is 2. The fraction of sp³-hybridized carbons (Fsp3) is 0.143. The summed E-state index contributed by atoms with van der Waals surface area (Å²) in [7, 11) is 3.02. The first kappa shape index (κ1) is 24.7. The van der Waals surface area contributed by atoms with Gasteiger partial charge < -0.3 is 9.47 Å². The van der Waals surface area contributed by atoms with Gasteiger partial charge >= 0.3 is 0 Å². The highest BCUT2D eigenvalue weighted by atomic mass is 32.2. The van der Waals surface area contributed by atoms with Crippen LogP contribution >= 0.6 is 24.0 Å². The van der Waals surface area contributed by atoms with Crippen LogP contribution in [0.1, 0.15) is 15.9 Å². The molecule has 1 aliphatic heterocycles. The molecule has 1 aliphatic rings. The molecule has 13 heteroatoms. The summed E-state index contributed by atoms with van der Waals surface area (Å²) in [6.45, 7) is -0.408. The van der Waals surface area contributed by atoms with E-state index in [1.54, 1.807) is 24.3 Å². The van der Waals surface area contributed by atoms with Crippen LogP contribution in [0.2, 0.25) is 0 Å². The van der Waals surface area contributed by atoms with Gasteiger partial charge in [0.1, 0.15) is 10.9 Å². The maximum Gasteiger partial charge on any atom is 0.269 e. The molecule has 0 aromatic heterocycles. The lowest BCUT2D eigenvalue weighted by Gasteiger charge is -2.14. The van der Waals surface area contributed by atoms with Crippen molar-refractivity contribution in [3.63, 3.8) is 0 Å². The van der Waals surface area contributed by atoms with Gasteiger partial charge in [-0.25, -0.2) is 0 Å². The number of nitrogens with zero attached hydrogens (tertiary/aromatic N) is 2. The monoisotopic (exact) mass is 502 g/mol. The number of nitro benzene ring substituents is 1. The predicted molar refractivity (Wildman–Crippen MR) is 128 cm³/mol. The molecule has 2 aromatic carbocycles. The molecular formula is C21H18N4O7S2. The van der Waals surface area contributed by atoms with Crippen LogP contribution in [0, 0.1) is 10.1 Å². The van der Waals surface area contributed by atoms with Crippen molar-refractivity contribution < 1.29 is 28.8 Å². The molecular weight excluding hydrogens is 484 g/mol. The Morgan fingerprint density at radius 3 is 2.41 bits per heavy atom. The van der Waals surface area contributed by atoms with Gasteiger partial charge in [0.2, 0.25) is 0 Å². The van der Waals surface area contributed by atoms with Crippen LogP contribution in [0.4, 0.5) is 5.69 Å². The summed E-state index contributed by atoms with van der Waals surface area (Å²) in [6, 6.07) is 9.98. The van der Waals surface area contributed by atoms with Crippen molar-refractivity contribution in [3.8, 4) is 11.5 Å². The van der Waals surface area contributed by atoms with E-state index in [0.717, 1.165) is 16.7 Å². The number of carbonyl (C=O) groups is 3. The van der Waals surface area contributed by atoms with Crippen molar-refractivity contribution in [1.29, 1.82) is 0 Å². The van der Waals surface area contributed by atoms with E-state index >= 15 is 0 Å². The molecule has 1 heterocycles. The van der Waals surface area contributed by atoms with Crippen molar-refractivity contribution in [3.05, 3.63) is 68.6 Å². The minimum Gasteiger partial charge on any atom is -0.493 e. The maximum absolute atomic E-state index is 12.8. The topological polar surface area (TPSA) is 140 Å². The number of ether oxygens (including phenoxy) is 2. The number of rotatable bonds is 7. The minimum atomic E-state index is -0.682. The van der Waals surface area contributed by atoms with E-state index in [9.17, 15) is 24.5 Å². The van der Waals surface area contributed by atoms with Gasteiger partial charge in [0, 0.05) is 17.7 Å². The molecule has 176 valence electrons. The summed E-state index contributed by atoms with van der Waals surface area (Å²) in [5.74, 6) is -0.781. The number of thiocarbonyl (C=S) groups is 1. The van der Waals surface area contributed by atoms with Gasteiger partial charge in [-0.1, -0.05) is 30.0 Å². The van der Waals surface area contributed by atoms with E-state index in [1.165, 1.54) is 38.5 Å². The zero-order valence-electron chi connectivity index (χ0n) is 17.9. The number of hydrogen-bond donors (Lipinski definition) is 2. The molecule has 0 atom stereocenters. The first-order valence-corrected chi connectivity index (χ1v) is 10.8. The van der Waals surface area contributed by atoms with Crippen molar-refractivity contribution >= 4 is 57.8 Å². The molecule has 1 saturated heterocycles. The van der Waals surface area contributed by atoms with Gasteiger partial charge in [0.05, 0.1) is 24.0 Å². The van der Waals surface area contributed by atoms with Gasteiger partial charge in [-0.15, -0.1) is 0 Å². The molecule has 0 unspecified atom stereocenters. The highest BCUT2D eigenvalue weighted by Gasteiger charge is 2.33. The van der Waals surface area contributed by atoms with E-state index in [1.807, 2.05) is 0 Å². The molecule has 0 saturated carbocycles. The first-order chi connectivity index (χ1) is 16.2. The van der Waals surface area contributed by atoms with E-state index in [0.29, 0.717) is 22.0 Å². The molecule has 3 rings (SSSR count). The second-order valence-electron chi connectivity index (χ2n) is 6.69. The van der Waals surface area contributed by atoms with Crippen LogP contribution < -0.4 is 20.3 Å². The number of non-ortho nitro benzene ring substituents is 1. The van der Waals surface area contributed by atoms with Gasteiger partial charge in [-0.2, -0.15) is 0 Å². The zero-order chi connectivity index (χ0) is 24.8. The summed E-state index contributed by atoms with van der Waals surface area (Å²) in [6.07, 6.45) is 1.62. The lowest BCUT2D eigenvalue weighted by molar-refractivity contribution is -0.384. The van der Waals surface area contributed by atoms with Gasteiger partial charge in [0.15, 0.2) is 11.5 Å². The molecule has 0 bridgehead atoms. The molecule has 0 radical (unpaired) electrons. The molecule has 2 N–H and O–H groups in total. The Kier molecular flexibility index (Phi) is 7.81. The SMILES string of the molecule is COc1ccc(C=C2SC(=S)N(CC(=O)NNC(=O)c3ccc([N+](=O)[O-])cc3)C2=O)cc1OC. The molecule has 34 heavy (non-hydrogen) atoms. The van der Waals surface area contributed by atoms with Crippen LogP contribution in [0.5, 0.6) is 11.5 Å². The second kappa shape index (κ2) is 10.8. The highest BCUT2D eigenvalue weighted by Crippen LogP contribution is 2.34. The molecule has 2 aromatic rings. The number of methoxy groups -OCH3 is 2. The number of carbonyl (C=O) groups excluding carboxylic acids is 3. The molecule has 0 aliphatic carbocycles. The Labute approximate surface area is 203 Å². The Morgan fingerprint density at radius 2 is 1.79 bits per heavy atom. The Morgan fingerprint density at radius 1 is 1.12 bits per heavy atom. The molecule has 3 amide bonds. The molecule has 1 fully saturated rings. The third kappa shape index (κ3) is 5.68. The minimum absolute atomic E-state index is 0.106. The number of hydrogen-bond acceptors (Lipinski definition) is 9. The lowest BCUT2D eigenvalue weighted by atomic mass is 10.2. The fourth-order valence-electron chi connectivity index (χ4n) is 2.85. The van der Waals surface area contributed by atoms with Gasteiger partial charge in [-0.3, -0.25) is 40.2 Å². The van der Waals surface area contributed by atoms with Gasteiger partial charge in [0.25, 0.3) is 23.4 Å². The van der Waals surface area contributed by atoms with E-state index < -0.39 is 29.2 Å². The Balaban J connectivity index is 1.60. The van der Waals surface area contributed by atoms with Crippen molar-refractivity contribution in [2.45, 2.75) is 0 Å². The number of hydrazine groups is 1. The lowest BCUT2D eigenvalue weighted by Crippen LogP contribution is -2.47. The quantitative estimate of drug-likeness (QED) is 0.252. The third-order valence-corrected chi connectivity index (χ3v) is 5.91. The van der Waals surface area contributed by atoms with Crippen molar-refractivity contribution in [2.75, 3.05) is 20.8 Å². The predicted octanol–water partition coefficient (Wildman–Crippen LogP) is 2.27. The average Bonchev–Trinajstić information content (AvgIpc) is 3.09. The normalized spacial score (nSPS) is 14.2. The molecule has 11 nitrogen and oxygen atoms in total. The third-order valence-electron chi connectivity index (χ3n) is 4.54. The summed E-state index contributed by atoms with van der Waals surface area (Å²) >= 11 is 6.26. The number of thioether (sulfide) groups is 1. The van der Waals surface area contributed by atoms with Crippen LogP contribution in [-0.4, -0.2) is 52.6 Å². The summed E-state index contributed by atoms with van der Waals surface area (Å²) in [4.78, 5) is 48.6. The summed E-state index contributed by atoms with van der Waals surface area (Å²) in [5.41, 5.74) is 5.00. The molecule has 0 spiro atoms. The average molecular weight is 503 g/mol. The summed E-state index contributed by atoms with van der Waals surface area (Å²) in [5, 5.41) is 10.7. The first-order valence-electron chi connectivity index (χ1n) is 9.54. The van der Waals surface area contributed by atoms with E-state index in [4.69, 9.17) is 21.7 Å². The zero-order valence-corrected chi connectivity index (χ0v) is 19.5. The van der Waals surface area contributed by atoms with Crippen LogP contribution in [-0.2, 0) is 9.59 Å². The Bertz CT molecular complexity index is 1200. The number of nitro groups is 1. The van der Waals surface area contributed by atoms with Crippen LogP contribution in [0.15, 0.2) is 47.4 Å². The van der Waals surface area contributed by atoms with Crippen LogP contribution in [0.25, 0.3) is 6.08 Å². The largest absolute Gasteiger partial charge is 0.493 e. The standard InChI is InChI=1S/C21H18N4O7S2/c1-31-15-8-3-12(9-16(15)32-2)10-17-20(28)24(21(33)34-17)11-18(26)22-23-19(27)13-4-6-14(7-5-13)25(29)30/h3-10H,11H2,1-2H3,(H,22,26)(H,23,27). The van der Waals surface area contributed by atoms with Crippen molar-refractivity contribution in [2.24, 2.45) is 0 Å². The fourth-order valence-corrected chi connectivity index (χ4v) is 4.10. The highest BCUT2D eigenvalue weighted by molar-refractivity contribution is 8.26.